The van der Waals surface area contributed by atoms with Gasteiger partial charge in [0.1, 0.15) is 11.3 Å². The van der Waals surface area contributed by atoms with Crippen molar-refractivity contribution in [3.05, 3.63) is 24.2 Å². The predicted molar refractivity (Wildman–Crippen MR) is 87.1 cm³/mol. The first kappa shape index (κ1) is 17.0. The first-order valence-electron chi connectivity index (χ1n) is 7.67. The summed E-state index contributed by atoms with van der Waals surface area (Å²) >= 11 is 1.57. The van der Waals surface area contributed by atoms with Crippen molar-refractivity contribution >= 4 is 29.5 Å². The second-order valence-corrected chi connectivity index (χ2v) is 7.07. The molecule has 0 aromatic carbocycles. The number of hydrogen-bond donors (Lipinski definition) is 1. The van der Waals surface area contributed by atoms with E-state index < -0.39 is 29.4 Å². The van der Waals surface area contributed by atoms with Gasteiger partial charge in [-0.1, -0.05) is 0 Å². The number of fused-ring (bicyclic) bond motifs is 1. The molecule has 0 unspecified atom stereocenters. The lowest BCUT2D eigenvalue weighted by Gasteiger charge is -2.31. The number of rotatable bonds is 5. The summed E-state index contributed by atoms with van der Waals surface area (Å²) in [6.07, 6.45) is 3.83. The third-order valence-electron chi connectivity index (χ3n) is 4.97. The number of furan rings is 1. The molecule has 0 aliphatic carbocycles. The molecule has 0 saturated carbocycles. The number of likely N-dealkylation sites (tertiary alicyclic amines) is 1. The summed E-state index contributed by atoms with van der Waals surface area (Å²) in [5, 5.41) is 3.23. The van der Waals surface area contributed by atoms with Gasteiger partial charge in [0.15, 0.2) is 0 Å². The van der Waals surface area contributed by atoms with E-state index in [4.69, 9.17) is 9.15 Å². The van der Waals surface area contributed by atoms with Crippen LogP contribution in [0.15, 0.2) is 22.8 Å². The molecule has 2 saturated heterocycles. The Morgan fingerprint density at radius 2 is 2.21 bits per heavy atom. The highest BCUT2D eigenvalue weighted by Crippen LogP contribution is 2.50. The Balaban J connectivity index is 2.10. The number of carbonyl (C=O) groups is 3. The fraction of sp³-hybridized carbons (Fsp3) is 0.562. The Labute approximate surface area is 144 Å². The summed E-state index contributed by atoms with van der Waals surface area (Å²) in [7, 11) is 2.75. The molecule has 1 aromatic heterocycles. The largest absolute Gasteiger partial charge is 0.468 e. The number of nitrogens with one attached hydrogen (secondary N) is 1. The average molecular weight is 352 g/mol. The number of thioether (sulfide) groups is 1. The van der Waals surface area contributed by atoms with Crippen molar-refractivity contribution in [1.82, 2.24) is 10.2 Å². The van der Waals surface area contributed by atoms with Crippen molar-refractivity contribution in [1.29, 1.82) is 0 Å². The van der Waals surface area contributed by atoms with Gasteiger partial charge in [0.25, 0.3) is 0 Å². The quantitative estimate of drug-likeness (QED) is 0.620. The molecular weight excluding hydrogens is 332 g/mol. The number of methoxy groups -OCH3 is 1. The van der Waals surface area contributed by atoms with Crippen molar-refractivity contribution in [3.63, 3.8) is 0 Å². The SMILES string of the molecule is COC(=O)[C@]1(CCSC)N[C@@H](c2ccco2)[C@H]2C(=O)N(C)C(=O)[C@@H]21. The van der Waals surface area contributed by atoms with Crippen LogP contribution in [0.3, 0.4) is 0 Å². The number of ether oxygens (including phenoxy) is 1. The highest BCUT2D eigenvalue weighted by molar-refractivity contribution is 7.98. The molecule has 2 aliphatic rings. The Hall–Kier alpha value is -1.80. The number of amides is 2. The molecule has 2 amide bonds. The topological polar surface area (TPSA) is 88.8 Å². The van der Waals surface area contributed by atoms with Gasteiger partial charge in [-0.2, -0.15) is 11.8 Å². The van der Waals surface area contributed by atoms with Gasteiger partial charge in [-0.3, -0.25) is 24.6 Å². The number of carbonyl (C=O) groups excluding carboxylic acids is 3. The standard InChI is InChI=1S/C16H20N2O5S/c1-18-13(19)10-11(14(18)20)16(6-8-24-3,15(21)22-2)17-12(10)9-5-4-7-23-9/h4-5,7,10-12,17H,6,8H2,1-3H3/t10-,11+,12-,16+/m0/s1. The zero-order valence-electron chi connectivity index (χ0n) is 13.8. The van der Waals surface area contributed by atoms with Gasteiger partial charge in [0.05, 0.1) is 31.3 Å². The Morgan fingerprint density at radius 1 is 1.46 bits per heavy atom. The minimum absolute atomic E-state index is 0.297. The van der Waals surface area contributed by atoms with Crippen LogP contribution in [-0.2, 0) is 19.1 Å². The number of nitrogens with zero attached hydrogens (tertiary/aromatic N) is 1. The minimum Gasteiger partial charge on any atom is -0.468 e. The van der Waals surface area contributed by atoms with Gasteiger partial charge in [0.2, 0.25) is 11.8 Å². The summed E-state index contributed by atoms with van der Waals surface area (Å²) in [6, 6.07) is 2.93. The number of hydrogen-bond acceptors (Lipinski definition) is 7. The zero-order chi connectivity index (χ0) is 17.5. The van der Waals surface area contributed by atoms with Crippen LogP contribution in [0.4, 0.5) is 0 Å². The molecule has 2 fully saturated rings. The maximum atomic E-state index is 12.7. The second-order valence-electron chi connectivity index (χ2n) is 6.08. The van der Waals surface area contributed by atoms with Gasteiger partial charge >= 0.3 is 5.97 Å². The summed E-state index contributed by atoms with van der Waals surface area (Å²) < 4.78 is 10.5. The van der Waals surface area contributed by atoms with Crippen LogP contribution in [0, 0.1) is 11.8 Å². The van der Waals surface area contributed by atoms with Gasteiger partial charge in [-0.05, 0) is 30.6 Å². The fourth-order valence-corrected chi connectivity index (χ4v) is 4.35. The van der Waals surface area contributed by atoms with Crippen LogP contribution in [0.2, 0.25) is 0 Å². The minimum atomic E-state index is -1.22. The molecule has 1 N–H and O–H groups in total. The van der Waals surface area contributed by atoms with Crippen molar-refractivity contribution in [2.45, 2.75) is 18.0 Å². The molecule has 0 bridgehead atoms. The molecular formula is C16H20N2O5S. The predicted octanol–water partition coefficient (Wildman–Crippen LogP) is 0.820. The second kappa shape index (κ2) is 6.25. The van der Waals surface area contributed by atoms with Crippen LogP contribution in [-0.4, -0.2) is 54.4 Å². The van der Waals surface area contributed by atoms with Gasteiger partial charge < -0.3 is 9.15 Å². The van der Waals surface area contributed by atoms with Crippen molar-refractivity contribution in [2.75, 3.05) is 26.2 Å². The summed E-state index contributed by atoms with van der Waals surface area (Å²) in [5.41, 5.74) is -1.22. The lowest BCUT2D eigenvalue weighted by molar-refractivity contribution is -0.154. The molecule has 7 nitrogen and oxygen atoms in total. The van der Waals surface area contributed by atoms with E-state index in [1.807, 2.05) is 6.26 Å². The molecule has 0 spiro atoms. The molecule has 0 radical (unpaired) electrons. The van der Waals surface area contributed by atoms with Crippen LogP contribution < -0.4 is 5.32 Å². The Bertz CT molecular complexity index is 661. The van der Waals surface area contributed by atoms with E-state index in [-0.39, 0.29) is 11.8 Å². The van der Waals surface area contributed by atoms with E-state index in [1.54, 1.807) is 23.9 Å². The first-order valence-corrected chi connectivity index (χ1v) is 9.07. The molecule has 1 aromatic rings. The van der Waals surface area contributed by atoms with Crippen LogP contribution in [0.1, 0.15) is 18.2 Å². The number of esters is 1. The average Bonchev–Trinajstić information content (AvgIpc) is 3.27. The maximum Gasteiger partial charge on any atom is 0.326 e. The molecule has 3 heterocycles. The Morgan fingerprint density at radius 3 is 2.79 bits per heavy atom. The molecule has 3 rings (SSSR count). The fourth-order valence-electron chi connectivity index (χ4n) is 3.82. The Kier molecular flexibility index (Phi) is 4.44. The smallest absolute Gasteiger partial charge is 0.326 e. The number of imide groups is 1. The highest BCUT2D eigenvalue weighted by Gasteiger charge is 2.68. The zero-order valence-corrected chi connectivity index (χ0v) is 14.6. The third-order valence-corrected chi connectivity index (χ3v) is 5.59. The summed E-state index contributed by atoms with van der Waals surface area (Å²) in [4.78, 5) is 39.1. The van der Waals surface area contributed by atoms with E-state index in [1.165, 1.54) is 20.4 Å². The normalized spacial score (nSPS) is 32.3. The van der Waals surface area contributed by atoms with Gasteiger partial charge in [-0.25, -0.2) is 0 Å². The molecule has 130 valence electrons. The molecule has 24 heavy (non-hydrogen) atoms. The van der Waals surface area contributed by atoms with E-state index >= 15 is 0 Å². The summed E-state index contributed by atoms with van der Waals surface area (Å²) in [6.45, 7) is 0. The highest BCUT2D eigenvalue weighted by atomic mass is 32.2. The molecule has 4 atom stereocenters. The van der Waals surface area contributed by atoms with E-state index in [0.717, 1.165) is 4.90 Å². The first-order chi connectivity index (χ1) is 11.5. The van der Waals surface area contributed by atoms with Crippen LogP contribution in [0.5, 0.6) is 0 Å². The third kappa shape index (κ3) is 2.28. The summed E-state index contributed by atoms with van der Waals surface area (Å²) in [5.74, 6) is -1.43. The lowest BCUT2D eigenvalue weighted by atomic mass is 9.78. The molecule has 8 heteroatoms. The van der Waals surface area contributed by atoms with Crippen molar-refractivity contribution < 1.29 is 23.5 Å². The van der Waals surface area contributed by atoms with Gasteiger partial charge in [0, 0.05) is 7.05 Å². The van der Waals surface area contributed by atoms with E-state index in [9.17, 15) is 14.4 Å². The monoisotopic (exact) mass is 352 g/mol. The van der Waals surface area contributed by atoms with Crippen LogP contribution in [0.25, 0.3) is 0 Å². The van der Waals surface area contributed by atoms with Crippen LogP contribution >= 0.6 is 11.8 Å². The lowest BCUT2D eigenvalue weighted by Crippen LogP contribution is -2.56. The van der Waals surface area contributed by atoms with Gasteiger partial charge in [-0.15, -0.1) is 0 Å². The maximum absolute atomic E-state index is 12.7. The van der Waals surface area contributed by atoms with E-state index in [2.05, 4.69) is 5.32 Å². The van der Waals surface area contributed by atoms with E-state index in [0.29, 0.717) is 17.9 Å². The molecule has 2 aliphatic heterocycles. The van der Waals surface area contributed by atoms with Crippen molar-refractivity contribution in [2.24, 2.45) is 11.8 Å². The van der Waals surface area contributed by atoms with Crippen molar-refractivity contribution in [3.8, 4) is 0 Å².